The molecular weight excluding hydrogens is 426 g/mol. The van der Waals surface area contributed by atoms with Crippen molar-refractivity contribution in [3.63, 3.8) is 0 Å². The van der Waals surface area contributed by atoms with E-state index in [1.807, 2.05) is 6.08 Å². The zero-order valence-corrected chi connectivity index (χ0v) is 17.3. The number of para-hydroxylation sites is 1. The van der Waals surface area contributed by atoms with Gasteiger partial charge in [-0.15, -0.1) is 0 Å². The third-order valence-electron chi connectivity index (χ3n) is 5.00. The molecule has 0 bridgehead atoms. The normalized spacial score (nSPS) is 13.7. The van der Waals surface area contributed by atoms with Gasteiger partial charge in [-0.25, -0.2) is 8.78 Å². The van der Waals surface area contributed by atoms with Gasteiger partial charge in [0.25, 0.3) is 0 Å². The van der Waals surface area contributed by atoms with Crippen molar-refractivity contribution in [2.75, 3.05) is 19.8 Å². The van der Waals surface area contributed by atoms with E-state index in [-0.39, 0.29) is 29.7 Å². The first kappa shape index (κ1) is 21.3. The summed E-state index contributed by atoms with van der Waals surface area (Å²) >= 11 is 5.80. The minimum absolute atomic E-state index is 0.0826. The van der Waals surface area contributed by atoms with Crippen LogP contribution < -0.4 is 20.2 Å². The summed E-state index contributed by atoms with van der Waals surface area (Å²) in [6.45, 7) is -0.302. The van der Waals surface area contributed by atoms with E-state index < -0.39 is 18.6 Å². The highest BCUT2D eigenvalue weighted by Crippen LogP contribution is 2.37. The number of H-pyrrole nitrogens is 1. The first-order valence-corrected chi connectivity index (χ1v) is 10.2. The molecule has 1 unspecified atom stereocenters. The number of fused-ring (bicyclic) bond motifs is 1. The zero-order valence-electron chi connectivity index (χ0n) is 16.6. The Morgan fingerprint density at radius 1 is 1.19 bits per heavy atom. The third-order valence-corrected chi connectivity index (χ3v) is 5.23. The van der Waals surface area contributed by atoms with Crippen LogP contribution in [0.3, 0.4) is 0 Å². The monoisotopic (exact) mass is 446 g/mol. The summed E-state index contributed by atoms with van der Waals surface area (Å²) in [5.41, 5.74) is 2.09. The highest BCUT2D eigenvalue weighted by Gasteiger charge is 2.22. The fourth-order valence-electron chi connectivity index (χ4n) is 3.51. The lowest BCUT2D eigenvalue weighted by Gasteiger charge is -2.19. The molecule has 162 valence electrons. The van der Waals surface area contributed by atoms with Crippen molar-refractivity contribution in [2.45, 2.75) is 19.1 Å². The third kappa shape index (κ3) is 4.57. The first-order valence-electron chi connectivity index (χ1n) is 9.87. The van der Waals surface area contributed by atoms with Crippen molar-refractivity contribution in [3.05, 3.63) is 80.8 Å². The average Bonchev–Trinajstić information content (AvgIpc) is 3.21. The van der Waals surface area contributed by atoms with Crippen LogP contribution in [0.15, 0.2) is 47.6 Å². The predicted octanol–water partition coefficient (Wildman–Crippen LogP) is 3.62. The number of ether oxygens (including phenoxy) is 2. The van der Waals surface area contributed by atoms with E-state index in [0.29, 0.717) is 23.2 Å². The second-order valence-corrected chi connectivity index (χ2v) is 7.46. The van der Waals surface area contributed by atoms with Crippen LogP contribution in [0.4, 0.5) is 8.78 Å². The van der Waals surface area contributed by atoms with Crippen LogP contribution in [0, 0.1) is 5.82 Å². The smallest absolute Gasteiger partial charge is 0.167 e. The van der Waals surface area contributed by atoms with Crippen LogP contribution in [0.2, 0.25) is 5.02 Å². The van der Waals surface area contributed by atoms with Gasteiger partial charge in [0, 0.05) is 39.7 Å². The van der Waals surface area contributed by atoms with Crippen molar-refractivity contribution in [2.24, 2.45) is 4.99 Å². The van der Waals surface area contributed by atoms with Crippen LogP contribution in [0.1, 0.15) is 29.2 Å². The van der Waals surface area contributed by atoms with Crippen LogP contribution in [-0.2, 0) is 6.61 Å². The number of halogens is 3. The number of rotatable bonds is 8. The Morgan fingerprint density at radius 3 is 2.87 bits per heavy atom. The number of benzene rings is 2. The Kier molecular flexibility index (Phi) is 6.53. The Balaban J connectivity index is 1.67. The van der Waals surface area contributed by atoms with Gasteiger partial charge in [0.05, 0.1) is 0 Å². The van der Waals surface area contributed by atoms with Crippen LogP contribution in [-0.4, -0.2) is 29.9 Å². The van der Waals surface area contributed by atoms with E-state index >= 15 is 0 Å². The number of aromatic amines is 1. The van der Waals surface area contributed by atoms with E-state index in [9.17, 15) is 13.9 Å². The lowest BCUT2D eigenvalue weighted by molar-refractivity contribution is 0.199. The molecule has 0 aliphatic carbocycles. The molecule has 0 amide bonds. The number of nitrogens with one attached hydrogen (secondary N) is 1. The van der Waals surface area contributed by atoms with Crippen molar-refractivity contribution in [1.82, 2.24) is 4.98 Å². The van der Waals surface area contributed by atoms with E-state index in [1.54, 1.807) is 30.5 Å². The summed E-state index contributed by atoms with van der Waals surface area (Å²) in [5, 5.41) is 12.2. The molecule has 1 aromatic heterocycles. The maximum atomic E-state index is 14.1. The Bertz CT molecular complexity index is 1200. The van der Waals surface area contributed by atoms with Crippen molar-refractivity contribution in [1.29, 1.82) is 0 Å². The fourth-order valence-corrected chi connectivity index (χ4v) is 3.67. The molecule has 1 aliphatic heterocycles. The topological polar surface area (TPSA) is 66.8 Å². The van der Waals surface area contributed by atoms with E-state index in [4.69, 9.17) is 21.1 Å². The molecule has 8 heteroatoms. The van der Waals surface area contributed by atoms with Crippen molar-refractivity contribution in [3.8, 4) is 11.5 Å². The number of hydrogen-bond donors (Lipinski definition) is 2. The summed E-state index contributed by atoms with van der Waals surface area (Å²) < 4.78 is 38.4. The number of hydrogen-bond acceptors (Lipinski definition) is 4. The second kappa shape index (κ2) is 9.49. The van der Waals surface area contributed by atoms with Gasteiger partial charge in [-0.05, 0) is 24.6 Å². The summed E-state index contributed by atoms with van der Waals surface area (Å²) in [7, 11) is 0. The Morgan fingerprint density at radius 2 is 2.06 bits per heavy atom. The fraction of sp³-hybridized carbons (Fsp3) is 0.261. The highest BCUT2D eigenvalue weighted by atomic mass is 35.5. The summed E-state index contributed by atoms with van der Waals surface area (Å²) in [6.07, 6.45) is 3.46. The molecule has 0 radical (unpaired) electrons. The van der Waals surface area contributed by atoms with E-state index in [2.05, 4.69) is 9.98 Å². The SMILES string of the molecule is OC(c1cccc(OCc2ccc(Cl)cc2F)c1OCCF)c1c[nH]c2c1=CCCN=2. The van der Waals surface area contributed by atoms with Gasteiger partial charge in [0.1, 0.15) is 37.3 Å². The molecule has 0 spiro atoms. The molecule has 0 saturated carbocycles. The molecule has 2 heterocycles. The van der Waals surface area contributed by atoms with Gasteiger partial charge >= 0.3 is 0 Å². The lowest BCUT2D eigenvalue weighted by Crippen LogP contribution is -2.29. The van der Waals surface area contributed by atoms with Gasteiger partial charge in [0.15, 0.2) is 11.5 Å². The summed E-state index contributed by atoms with van der Waals surface area (Å²) in [6, 6.07) is 9.32. The number of aliphatic hydroxyl groups is 1. The van der Waals surface area contributed by atoms with Gasteiger partial charge in [0.2, 0.25) is 0 Å². The Labute approximate surface area is 182 Å². The van der Waals surface area contributed by atoms with E-state index in [1.165, 1.54) is 12.1 Å². The largest absolute Gasteiger partial charge is 0.487 e. The lowest BCUT2D eigenvalue weighted by atomic mass is 10.0. The van der Waals surface area contributed by atoms with Gasteiger partial charge in [-0.3, -0.25) is 4.99 Å². The molecule has 0 saturated heterocycles. The molecule has 4 rings (SSSR count). The molecule has 31 heavy (non-hydrogen) atoms. The number of alkyl halides is 1. The molecule has 3 aromatic rings. The quantitative estimate of drug-likeness (QED) is 0.555. The molecule has 1 atom stereocenters. The molecule has 0 fully saturated rings. The summed E-state index contributed by atoms with van der Waals surface area (Å²) in [4.78, 5) is 7.48. The van der Waals surface area contributed by atoms with Gasteiger partial charge in [-0.2, -0.15) is 0 Å². The first-order chi connectivity index (χ1) is 15.1. The Hall–Kier alpha value is -2.90. The minimum atomic E-state index is -1.05. The number of nitrogens with zero attached hydrogens (tertiary/aromatic N) is 1. The molecule has 2 aromatic carbocycles. The molecule has 2 N–H and O–H groups in total. The molecule has 1 aliphatic rings. The van der Waals surface area contributed by atoms with E-state index in [0.717, 1.165) is 17.1 Å². The van der Waals surface area contributed by atoms with Crippen molar-refractivity contribution < 1.29 is 23.4 Å². The number of aliphatic hydroxyl groups excluding tert-OH is 1. The highest BCUT2D eigenvalue weighted by molar-refractivity contribution is 6.30. The molecular formula is C23H21ClF2N2O3. The second-order valence-electron chi connectivity index (χ2n) is 7.02. The maximum Gasteiger partial charge on any atom is 0.167 e. The predicted molar refractivity (Wildman–Crippen MR) is 113 cm³/mol. The van der Waals surface area contributed by atoms with Crippen LogP contribution >= 0.6 is 11.6 Å². The maximum absolute atomic E-state index is 14.1. The minimum Gasteiger partial charge on any atom is -0.487 e. The zero-order chi connectivity index (χ0) is 21.8. The van der Waals surface area contributed by atoms with Crippen LogP contribution in [0.25, 0.3) is 6.08 Å². The summed E-state index contributed by atoms with van der Waals surface area (Å²) in [5.74, 6) is -0.00436. The average molecular weight is 447 g/mol. The van der Waals surface area contributed by atoms with Gasteiger partial charge in [-0.1, -0.05) is 35.9 Å². The number of aromatic nitrogens is 1. The van der Waals surface area contributed by atoms with Gasteiger partial charge < -0.3 is 19.6 Å². The standard InChI is InChI=1S/C23H21ClF2N2O3/c24-15-7-6-14(19(26)11-15)13-31-20-5-1-3-17(22(20)30-10-8-25)21(29)18-12-28-23-16(18)4-2-9-27-23/h1,3-7,11-12,21,29H,2,8-10,13H2,(H,27,28). The molecule has 5 nitrogen and oxygen atoms in total. The van der Waals surface area contributed by atoms with Crippen LogP contribution in [0.5, 0.6) is 11.5 Å². The van der Waals surface area contributed by atoms with Crippen molar-refractivity contribution >= 4 is 17.7 Å².